The van der Waals surface area contributed by atoms with Gasteiger partial charge < -0.3 is 19.9 Å². The molecule has 17 heavy (non-hydrogen) atoms. The first-order chi connectivity index (χ1) is 8.08. The van der Waals surface area contributed by atoms with Gasteiger partial charge in [0.1, 0.15) is 11.8 Å². The Balaban J connectivity index is 2.87. The van der Waals surface area contributed by atoms with Crippen molar-refractivity contribution in [1.82, 2.24) is 0 Å². The van der Waals surface area contributed by atoms with Crippen LogP contribution in [0.15, 0.2) is 22.7 Å². The van der Waals surface area contributed by atoms with Crippen molar-refractivity contribution < 1.29 is 19.4 Å². The van der Waals surface area contributed by atoms with E-state index in [1.54, 1.807) is 25.3 Å². The number of methoxy groups -OCH3 is 2. The summed E-state index contributed by atoms with van der Waals surface area (Å²) in [7, 11) is 3.01. The van der Waals surface area contributed by atoms with Crippen LogP contribution in [-0.4, -0.2) is 37.9 Å². The molecule has 0 heterocycles. The molecule has 0 aliphatic rings. The van der Waals surface area contributed by atoms with Crippen LogP contribution < -0.4 is 10.1 Å². The lowest BCUT2D eigenvalue weighted by Gasteiger charge is -2.16. The topological polar surface area (TPSA) is 67.8 Å². The summed E-state index contributed by atoms with van der Waals surface area (Å²) in [5, 5.41) is 11.9. The zero-order chi connectivity index (χ0) is 12.8. The van der Waals surface area contributed by atoms with Crippen LogP contribution in [0.2, 0.25) is 0 Å². The predicted octanol–water partition coefficient (Wildman–Crippen LogP) is 1.97. The van der Waals surface area contributed by atoms with Crippen molar-refractivity contribution in [3.63, 3.8) is 0 Å². The maximum Gasteiger partial charge on any atom is 0.328 e. The largest absolute Gasteiger partial charge is 0.497 e. The van der Waals surface area contributed by atoms with Crippen LogP contribution >= 0.6 is 15.9 Å². The molecule has 6 heteroatoms. The highest BCUT2D eigenvalue weighted by atomic mass is 79.9. The Hall–Kier alpha value is -1.27. The van der Waals surface area contributed by atoms with Crippen LogP contribution in [0.5, 0.6) is 5.75 Å². The van der Waals surface area contributed by atoms with E-state index >= 15 is 0 Å². The van der Waals surface area contributed by atoms with E-state index in [9.17, 15) is 4.79 Å². The first kappa shape index (κ1) is 13.8. The van der Waals surface area contributed by atoms with Gasteiger partial charge in [-0.3, -0.25) is 0 Å². The van der Waals surface area contributed by atoms with Crippen molar-refractivity contribution in [3.05, 3.63) is 22.7 Å². The number of anilines is 1. The molecule has 2 N–H and O–H groups in total. The summed E-state index contributed by atoms with van der Waals surface area (Å²) in [5.74, 6) is -0.321. The monoisotopic (exact) mass is 303 g/mol. The Morgan fingerprint density at radius 3 is 2.76 bits per heavy atom. The lowest BCUT2D eigenvalue weighted by molar-refractivity contribution is -0.139. The number of hydrogen-bond acceptors (Lipinski definition) is 4. The van der Waals surface area contributed by atoms with Gasteiger partial charge in [-0.25, -0.2) is 4.79 Å². The minimum atomic E-state index is -0.971. The fourth-order valence-electron chi connectivity index (χ4n) is 1.27. The molecule has 0 bridgehead atoms. The number of hydrogen-bond donors (Lipinski definition) is 2. The maximum absolute atomic E-state index is 11.0. The molecule has 0 spiro atoms. The number of nitrogens with one attached hydrogen (secondary N) is 1. The molecule has 0 aromatic heterocycles. The summed E-state index contributed by atoms with van der Waals surface area (Å²) in [5.41, 5.74) is 0.647. The van der Waals surface area contributed by atoms with Crippen molar-refractivity contribution in [2.45, 2.75) is 6.04 Å². The summed E-state index contributed by atoms with van der Waals surface area (Å²) >= 11 is 3.34. The van der Waals surface area contributed by atoms with Crippen LogP contribution in [0.1, 0.15) is 0 Å². The van der Waals surface area contributed by atoms with Gasteiger partial charge in [0.15, 0.2) is 0 Å². The normalized spacial score (nSPS) is 11.9. The third-order valence-electron chi connectivity index (χ3n) is 2.13. The molecule has 0 aliphatic heterocycles. The highest BCUT2D eigenvalue weighted by Gasteiger charge is 2.18. The van der Waals surface area contributed by atoms with Crippen LogP contribution in [0.4, 0.5) is 5.69 Å². The van der Waals surface area contributed by atoms with Crippen LogP contribution in [0, 0.1) is 0 Å². The number of aliphatic carboxylic acids is 1. The Kier molecular flexibility index (Phi) is 5.24. The van der Waals surface area contributed by atoms with Gasteiger partial charge in [-0.2, -0.15) is 0 Å². The van der Waals surface area contributed by atoms with Crippen molar-refractivity contribution in [2.24, 2.45) is 0 Å². The molecule has 0 radical (unpaired) electrons. The first-order valence-electron chi connectivity index (χ1n) is 4.90. The van der Waals surface area contributed by atoms with Gasteiger partial charge in [0, 0.05) is 17.6 Å². The molecule has 5 nitrogen and oxygen atoms in total. The second-order valence-corrected chi connectivity index (χ2v) is 4.19. The van der Waals surface area contributed by atoms with Gasteiger partial charge in [0.05, 0.1) is 19.4 Å². The Morgan fingerprint density at radius 2 is 2.24 bits per heavy atom. The fourth-order valence-corrected chi connectivity index (χ4v) is 1.63. The van der Waals surface area contributed by atoms with Crippen molar-refractivity contribution in [1.29, 1.82) is 0 Å². The molecule has 1 atom stereocenters. The van der Waals surface area contributed by atoms with Gasteiger partial charge in [0.25, 0.3) is 0 Å². The summed E-state index contributed by atoms with van der Waals surface area (Å²) in [6.07, 6.45) is 0. The van der Waals surface area contributed by atoms with Crippen LogP contribution in [0.25, 0.3) is 0 Å². The number of ether oxygens (including phenoxy) is 2. The second kappa shape index (κ2) is 6.46. The quantitative estimate of drug-likeness (QED) is 0.841. The van der Waals surface area contributed by atoms with Crippen LogP contribution in [0.3, 0.4) is 0 Å². The Morgan fingerprint density at radius 1 is 1.53 bits per heavy atom. The van der Waals surface area contributed by atoms with E-state index in [2.05, 4.69) is 21.2 Å². The minimum absolute atomic E-state index is 0.0823. The number of carbonyl (C=O) groups is 1. The molecule has 0 saturated heterocycles. The van der Waals surface area contributed by atoms with Gasteiger partial charge in [-0.05, 0) is 28.1 Å². The molecule has 1 aromatic carbocycles. The lowest BCUT2D eigenvalue weighted by atomic mass is 10.2. The highest BCUT2D eigenvalue weighted by Crippen LogP contribution is 2.27. The van der Waals surface area contributed by atoms with Gasteiger partial charge in [-0.1, -0.05) is 0 Å². The third-order valence-corrected chi connectivity index (χ3v) is 2.83. The number of halogens is 1. The molecule has 1 aromatic rings. The Labute approximate surface area is 108 Å². The first-order valence-corrected chi connectivity index (χ1v) is 5.69. The van der Waals surface area contributed by atoms with E-state index < -0.39 is 12.0 Å². The lowest BCUT2D eigenvalue weighted by Crippen LogP contribution is -2.33. The third kappa shape index (κ3) is 3.90. The van der Waals surface area contributed by atoms with E-state index in [0.717, 1.165) is 4.47 Å². The van der Waals surface area contributed by atoms with Gasteiger partial charge in [-0.15, -0.1) is 0 Å². The van der Waals surface area contributed by atoms with E-state index in [1.807, 2.05) is 0 Å². The SMILES string of the molecule is COCC(Nc1cc(OC)ccc1Br)C(=O)O. The van der Waals surface area contributed by atoms with E-state index in [-0.39, 0.29) is 6.61 Å². The molecule has 0 aliphatic carbocycles. The summed E-state index contributed by atoms with van der Waals surface area (Å²) in [4.78, 5) is 11.0. The fraction of sp³-hybridized carbons (Fsp3) is 0.364. The Bertz CT molecular complexity index is 397. The van der Waals surface area contributed by atoms with Gasteiger partial charge in [0.2, 0.25) is 0 Å². The molecule has 0 amide bonds. The number of benzene rings is 1. The van der Waals surface area contributed by atoms with E-state index in [4.69, 9.17) is 14.6 Å². The van der Waals surface area contributed by atoms with Crippen molar-refractivity contribution in [3.8, 4) is 5.75 Å². The minimum Gasteiger partial charge on any atom is -0.497 e. The highest BCUT2D eigenvalue weighted by molar-refractivity contribution is 9.10. The van der Waals surface area contributed by atoms with Crippen molar-refractivity contribution >= 4 is 27.6 Å². The number of rotatable bonds is 6. The summed E-state index contributed by atoms with van der Waals surface area (Å²) < 4.78 is 10.7. The number of carboxylic acids is 1. The smallest absolute Gasteiger partial charge is 0.328 e. The van der Waals surface area contributed by atoms with Gasteiger partial charge >= 0.3 is 5.97 Å². The number of carboxylic acid groups (broad SMARTS) is 1. The summed E-state index contributed by atoms with van der Waals surface area (Å²) in [6, 6.07) is 4.48. The standard InChI is InChI=1S/C11H14BrNO4/c1-16-6-10(11(14)15)13-9-5-7(17-2)3-4-8(9)12/h3-5,10,13H,6H2,1-2H3,(H,14,15). The molecule has 0 saturated carbocycles. The molecular weight excluding hydrogens is 290 g/mol. The zero-order valence-corrected chi connectivity index (χ0v) is 11.2. The average molecular weight is 304 g/mol. The molecule has 1 rings (SSSR count). The van der Waals surface area contributed by atoms with Crippen molar-refractivity contribution in [2.75, 3.05) is 26.1 Å². The van der Waals surface area contributed by atoms with E-state index in [0.29, 0.717) is 11.4 Å². The van der Waals surface area contributed by atoms with E-state index in [1.165, 1.54) is 7.11 Å². The maximum atomic E-state index is 11.0. The van der Waals surface area contributed by atoms with Crippen LogP contribution in [-0.2, 0) is 9.53 Å². The predicted molar refractivity (Wildman–Crippen MR) is 67.6 cm³/mol. The molecule has 0 fully saturated rings. The summed E-state index contributed by atoms with van der Waals surface area (Å²) in [6.45, 7) is 0.0823. The molecule has 94 valence electrons. The zero-order valence-electron chi connectivity index (χ0n) is 9.57. The second-order valence-electron chi connectivity index (χ2n) is 3.34. The molecule has 1 unspecified atom stereocenters. The average Bonchev–Trinajstić information content (AvgIpc) is 2.31. The molecular formula is C11H14BrNO4.